The number of benzene rings is 2. The van der Waals surface area contributed by atoms with Gasteiger partial charge in [-0.05, 0) is 23.9 Å². The summed E-state index contributed by atoms with van der Waals surface area (Å²) in [5.74, 6) is -0.413. The summed E-state index contributed by atoms with van der Waals surface area (Å²) in [7, 11) is -4.39. The predicted molar refractivity (Wildman–Crippen MR) is 60.2 cm³/mol. The van der Waals surface area contributed by atoms with E-state index in [0.717, 1.165) is 10.9 Å². The lowest BCUT2D eigenvalue weighted by molar-refractivity contribution is 0.448. The van der Waals surface area contributed by atoms with Crippen LogP contribution in [-0.2, 0) is 10.1 Å². The van der Waals surface area contributed by atoms with Gasteiger partial charge in [-0.25, -0.2) is 0 Å². The molecule has 2 rings (SSSR count). The van der Waals surface area contributed by atoms with Crippen LogP contribution in [0.5, 0.6) is 5.75 Å². The van der Waals surface area contributed by atoms with Crippen molar-refractivity contribution in [3.63, 3.8) is 0 Å². The van der Waals surface area contributed by atoms with Crippen LogP contribution in [0.4, 0.5) is 0 Å². The van der Waals surface area contributed by atoms with Gasteiger partial charge in [-0.15, -0.1) is 0 Å². The molecule has 0 unspecified atom stereocenters. The topological polar surface area (TPSA) is 74.6 Å². The zero-order valence-corrected chi connectivity index (χ0v) is 9.32. The van der Waals surface area contributed by atoms with Crippen LogP contribution < -0.4 is 0 Å². The fraction of sp³-hybridized carbons (Fsp3) is 0.0909. The number of hydrogen-bond acceptors (Lipinski definition) is 3. The fourth-order valence-electron chi connectivity index (χ4n) is 1.69. The molecule has 0 saturated carbocycles. The van der Waals surface area contributed by atoms with Gasteiger partial charge in [-0.2, -0.15) is 8.42 Å². The van der Waals surface area contributed by atoms with E-state index < -0.39 is 20.8 Å². The van der Waals surface area contributed by atoms with Gasteiger partial charge < -0.3 is 5.11 Å². The minimum Gasteiger partial charge on any atom is -0.506 e. The van der Waals surface area contributed by atoms with Gasteiger partial charge in [0.25, 0.3) is 10.1 Å². The van der Waals surface area contributed by atoms with E-state index in [0.29, 0.717) is 5.39 Å². The molecule has 4 nitrogen and oxygen atoms in total. The van der Waals surface area contributed by atoms with Gasteiger partial charge in [-0.1, -0.05) is 24.3 Å². The summed E-state index contributed by atoms with van der Waals surface area (Å²) in [6.45, 7) is 1.86. The first-order valence-corrected chi connectivity index (χ1v) is 6.04. The third-order valence-electron chi connectivity index (χ3n) is 2.49. The van der Waals surface area contributed by atoms with E-state index in [1.165, 1.54) is 6.07 Å². The average molecular weight is 238 g/mol. The largest absolute Gasteiger partial charge is 0.506 e. The number of aromatic hydroxyl groups is 1. The molecular weight excluding hydrogens is 228 g/mol. The molecular formula is C11H10O4S. The maximum Gasteiger partial charge on any atom is 0.298 e. The SMILES string of the molecule is Cc1cccc2c(O)c(S(=O)(=O)O)ccc12. The third kappa shape index (κ3) is 1.64. The van der Waals surface area contributed by atoms with Crippen LogP contribution in [-0.4, -0.2) is 18.1 Å². The van der Waals surface area contributed by atoms with E-state index in [1.807, 2.05) is 13.0 Å². The molecule has 0 atom stereocenters. The molecule has 5 heteroatoms. The maximum atomic E-state index is 11.0. The molecule has 0 aliphatic rings. The third-order valence-corrected chi connectivity index (χ3v) is 3.38. The number of fused-ring (bicyclic) bond motifs is 1. The highest BCUT2D eigenvalue weighted by atomic mass is 32.2. The first-order valence-electron chi connectivity index (χ1n) is 4.60. The van der Waals surface area contributed by atoms with E-state index in [4.69, 9.17) is 4.55 Å². The molecule has 2 N–H and O–H groups in total. The lowest BCUT2D eigenvalue weighted by atomic mass is 10.1. The maximum absolute atomic E-state index is 11.0. The highest BCUT2D eigenvalue weighted by Crippen LogP contribution is 2.32. The van der Waals surface area contributed by atoms with Gasteiger partial charge in [-0.3, -0.25) is 4.55 Å². The van der Waals surface area contributed by atoms with Crippen molar-refractivity contribution in [3.05, 3.63) is 35.9 Å². The second-order valence-electron chi connectivity index (χ2n) is 3.56. The zero-order chi connectivity index (χ0) is 11.9. The molecule has 0 bridgehead atoms. The van der Waals surface area contributed by atoms with Crippen molar-refractivity contribution in [3.8, 4) is 5.75 Å². The molecule has 2 aromatic rings. The summed E-state index contributed by atoms with van der Waals surface area (Å²) in [6.07, 6.45) is 0. The molecule has 0 amide bonds. The quantitative estimate of drug-likeness (QED) is 0.746. The number of hydrogen-bond donors (Lipinski definition) is 2. The van der Waals surface area contributed by atoms with E-state index >= 15 is 0 Å². The van der Waals surface area contributed by atoms with Crippen LogP contribution >= 0.6 is 0 Å². The molecule has 0 aliphatic heterocycles. The lowest BCUT2D eigenvalue weighted by Gasteiger charge is -2.07. The van der Waals surface area contributed by atoms with Gasteiger partial charge in [0.15, 0.2) is 0 Å². The summed E-state index contributed by atoms with van der Waals surface area (Å²) < 4.78 is 30.9. The van der Waals surface area contributed by atoms with Crippen molar-refractivity contribution in [1.82, 2.24) is 0 Å². The Hall–Kier alpha value is -1.59. The van der Waals surface area contributed by atoms with Gasteiger partial charge in [0.05, 0.1) is 0 Å². The first kappa shape index (κ1) is 10.9. The van der Waals surface area contributed by atoms with Crippen molar-refractivity contribution in [1.29, 1.82) is 0 Å². The number of rotatable bonds is 1. The van der Waals surface area contributed by atoms with Crippen molar-refractivity contribution in [2.45, 2.75) is 11.8 Å². The average Bonchev–Trinajstić information content (AvgIpc) is 2.18. The highest BCUT2D eigenvalue weighted by molar-refractivity contribution is 7.86. The molecule has 0 saturated heterocycles. The summed E-state index contributed by atoms with van der Waals surface area (Å²) in [4.78, 5) is -0.467. The molecule has 0 aromatic heterocycles. The minimum atomic E-state index is -4.39. The Morgan fingerprint density at radius 1 is 1.06 bits per heavy atom. The van der Waals surface area contributed by atoms with Crippen LogP contribution in [0.15, 0.2) is 35.2 Å². The highest BCUT2D eigenvalue weighted by Gasteiger charge is 2.17. The monoisotopic (exact) mass is 238 g/mol. The molecule has 0 aliphatic carbocycles. The van der Waals surface area contributed by atoms with Gasteiger partial charge in [0.1, 0.15) is 10.6 Å². The van der Waals surface area contributed by atoms with E-state index in [2.05, 4.69) is 0 Å². The van der Waals surface area contributed by atoms with Crippen LogP contribution in [0.25, 0.3) is 10.8 Å². The minimum absolute atomic E-state index is 0.412. The van der Waals surface area contributed by atoms with Crippen molar-refractivity contribution < 1.29 is 18.1 Å². The molecule has 16 heavy (non-hydrogen) atoms. The Morgan fingerprint density at radius 2 is 1.75 bits per heavy atom. The standard InChI is InChI=1S/C11H10O4S/c1-7-3-2-4-9-8(7)5-6-10(11(9)12)16(13,14)15/h2-6,12H,1H3,(H,13,14,15). The Morgan fingerprint density at radius 3 is 2.38 bits per heavy atom. The van der Waals surface area contributed by atoms with Crippen molar-refractivity contribution in [2.24, 2.45) is 0 Å². The van der Waals surface area contributed by atoms with E-state index in [9.17, 15) is 13.5 Å². The zero-order valence-electron chi connectivity index (χ0n) is 8.51. The van der Waals surface area contributed by atoms with Gasteiger partial charge in [0.2, 0.25) is 0 Å². The van der Waals surface area contributed by atoms with Gasteiger partial charge in [0, 0.05) is 5.39 Å². The van der Waals surface area contributed by atoms with Crippen LogP contribution in [0.1, 0.15) is 5.56 Å². The molecule has 0 radical (unpaired) electrons. The predicted octanol–water partition coefficient (Wildman–Crippen LogP) is 2.10. The molecule has 0 spiro atoms. The van der Waals surface area contributed by atoms with Crippen molar-refractivity contribution >= 4 is 20.9 Å². The van der Waals surface area contributed by atoms with Crippen molar-refractivity contribution in [2.75, 3.05) is 0 Å². The number of phenols is 1. The van der Waals surface area contributed by atoms with E-state index in [-0.39, 0.29) is 0 Å². The summed E-state index contributed by atoms with van der Waals surface area (Å²) in [5, 5.41) is 10.9. The Balaban J connectivity index is 2.92. The fourth-order valence-corrected chi connectivity index (χ4v) is 2.28. The Kier molecular flexibility index (Phi) is 2.36. The molecule has 0 heterocycles. The molecule has 0 fully saturated rings. The van der Waals surface area contributed by atoms with Crippen LogP contribution in [0.2, 0.25) is 0 Å². The van der Waals surface area contributed by atoms with Gasteiger partial charge >= 0.3 is 0 Å². The second-order valence-corrected chi connectivity index (χ2v) is 4.95. The summed E-state index contributed by atoms with van der Waals surface area (Å²) in [6, 6.07) is 7.93. The lowest BCUT2D eigenvalue weighted by Crippen LogP contribution is -1.98. The first-order chi connectivity index (χ1) is 7.41. The Bertz CT molecular complexity index is 659. The number of phenolic OH excluding ortho intramolecular Hbond substituents is 1. The number of aryl methyl sites for hydroxylation is 1. The Labute approximate surface area is 92.9 Å². The van der Waals surface area contributed by atoms with Crippen LogP contribution in [0, 0.1) is 6.92 Å². The summed E-state index contributed by atoms with van der Waals surface area (Å²) >= 11 is 0. The molecule has 2 aromatic carbocycles. The second kappa shape index (κ2) is 3.47. The molecule has 84 valence electrons. The van der Waals surface area contributed by atoms with E-state index in [1.54, 1.807) is 18.2 Å². The normalized spacial score (nSPS) is 11.9. The smallest absolute Gasteiger partial charge is 0.298 e. The van der Waals surface area contributed by atoms with Crippen LogP contribution in [0.3, 0.4) is 0 Å². The summed E-state index contributed by atoms with van der Waals surface area (Å²) in [5.41, 5.74) is 0.926.